The highest BCUT2D eigenvalue weighted by Crippen LogP contribution is 2.18. The molecule has 0 atom stereocenters. The van der Waals surface area contributed by atoms with Gasteiger partial charge in [0.25, 0.3) is 5.78 Å². The Morgan fingerprint density at radius 3 is 2.67 bits per heavy atom. The first-order valence-electron chi connectivity index (χ1n) is 5.19. The Hall–Kier alpha value is -1.60. The van der Waals surface area contributed by atoms with Gasteiger partial charge in [-0.05, 0) is 24.4 Å². The lowest BCUT2D eigenvalue weighted by atomic mass is 10.2. The second-order valence-electron chi connectivity index (χ2n) is 3.79. The van der Waals surface area contributed by atoms with Gasteiger partial charge in [-0.1, -0.05) is 28.1 Å². The van der Waals surface area contributed by atoms with E-state index in [2.05, 4.69) is 31.0 Å². The van der Waals surface area contributed by atoms with Crippen LogP contribution in [0, 0.1) is 4.77 Å². The van der Waals surface area contributed by atoms with E-state index in [0.29, 0.717) is 16.4 Å². The third-order valence-electron chi connectivity index (χ3n) is 2.52. The highest BCUT2D eigenvalue weighted by atomic mass is 79.9. The Balaban J connectivity index is 2.22. The third kappa shape index (κ3) is 1.85. The lowest BCUT2D eigenvalue weighted by Crippen LogP contribution is -2.02. The summed E-state index contributed by atoms with van der Waals surface area (Å²) >= 11 is 8.65. The van der Waals surface area contributed by atoms with Gasteiger partial charge in [0.2, 0.25) is 4.77 Å². The lowest BCUT2D eigenvalue weighted by molar-refractivity contribution is 0.747. The van der Waals surface area contributed by atoms with Crippen LogP contribution in [0.2, 0.25) is 0 Å². The summed E-state index contributed by atoms with van der Waals surface area (Å²) in [5.74, 6) is 1.13. The quantitative estimate of drug-likeness (QED) is 0.646. The number of aromatic nitrogens is 5. The Labute approximate surface area is 116 Å². The van der Waals surface area contributed by atoms with Crippen LogP contribution >= 0.6 is 28.1 Å². The first-order valence-corrected chi connectivity index (χ1v) is 6.39. The molecule has 90 valence electrons. The SMILES string of the molecule is Cn1cnc2nc(-c3ccc(Br)cc3)nn2c1=S. The molecule has 0 unspecified atom stereocenters. The van der Waals surface area contributed by atoms with Crippen LogP contribution in [0.5, 0.6) is 0 Å². The molecular formula is C11H8BrN5S. The Bertz CT molecular complexity index is 774. The minimum Gasteiger partial charge on any atom is -0.311 e. The van der Waals surface area contributed by atoms with E-state index in [-0.39, 0.29) is 0 Å². The molecule has 0 bridgehead atoms. The standard InChI is InChI=1S/C11H8BrN5S/c1-16-6-13-10-14-9(15-17(10)11(16)18)7-2-4-8(12)5-3-7/h2-6H,1H3. The van der Waals surface area contributed by atoms with Crippen molar-refractivity contribution in [2.24, 2.45) is 7.05 Å². The smallest absolute Gasteiger partial charge is 0.256 e. The van der Waals surface area contributed by atoms with Crippen molar-refractivity contribution in [1.29, 1.82) is 0 Å². The first kappa shape index (κ1) is 11.5. The monoisotopic (exact) mass is 321 g/mol. The van der Waals surface area contributed by atoms with Gasteiger partial charge in [0.1, 0.15) is 6.33 Å². The molecule has 0 amide bonds. The van der Waals surface area contributed by atoms with E-state index in [4.69, 9.17) is 12.2 Å². The molecular weight excluding hydrogens is 314 g/mol. The van der Waals surface area contributed by atoms with Crippen LogP contribution in [0.4, 0.5) is 0 Å². The van der Waals surface area contributed by atoms with Crippen LogP contribution in [-0.4, -0.2) is 24.1 Å². The highest BCUT2D eigenvalue weighted by Gasteiger charge is 2.08. The fourth-order valence-corrected chi connectivity index (χ4v) is 2.01. The summed E-state index contributed by atoms with van der Waals surface area (Å²) in [5.41, 5.74) is 0.931. The van der Waals surface area contributed by atoms with Crippen LogP contribution in [0.1, 0.15) is 0 Å². The van der Waals surface area contributed by atoms with Crippen molar-refractivity contribution >= 4 is 33.9 Å². The largest absolute Gasteiger partial charge is 0.311 e. The van der Waals surface area contributed by atoms with Crippen LogP contribution in [0.15, 0.2) is 35.1 Å². The molecule has 2 heterocycles. The first-order chi connectivity index (χ1) is 8.65. The van der Waals surface area contributed by atoms with Gasteiger partial charge in [-0.25, -0.2) is 4.98 Å². The van der Waals surface area contributed by atoms with Gasteiger partial charge in [-0.2, -0.15) is 9.50 Å². The molecule has 0 saturated carbocycles. The van der Waals surface area contributed by atoms with E-state index >= 15 is 0 Å². The van der Waals surface area contributed by atoms with Crippen LogP contribution < -0.4 is 0 Å². The zero-order chi connectivity index (χ0) is 12.7. The fourth-order valence-electron chi connectivity index (χ4n) is 1.57. The summed E-state index contributed by atoms with van der Waals surface area (Å²) in [6.07, 6.45) is 1.64. The van der Waals surface area contributed by atoms with Gasteiger partial charge in [-0.3, -0.25) is 0 Å². The molecule has 2 aromatic heterocycles. The molecule has 0 aliphatic carbocycles. The average molecular weight is 322 g/mol. The molecule has 0 aliphatic rings. The van der Waals surface area contributed by atoms with Crippen LogP contribution in [-0.2, 0) is 7.05 Å². The van der Waals surface area contributed by atoms with E-state index < -0.39 is 0 Å². The van der Waals surface area contributed by atoms with E-state index in [0.717, 1.165) is 10.0 Å². The summed E-state index contributed by atoms with van der Waals surface area (Å²) in [7, 11) is 1.83. The van der Waals surface area contributed by atoms with E-state index in [9.17, 15) is 0 Å². The summed E-state index contributed by atoms with van der Waals surface area (Å²) in [4.78, 5) is 8.54. The zero-order valence-electron chi connectivity index (χ0n) is 9.41. The number of nitrogens with zero attached hydrogens (tertiary/aromatic N) is 5. The van der Waals surface area contributed by atoms with E-state index in [1.54, 1.807) is 15.4 Å². The minimum absolute atomic E-state index is 0.510. The van der Waals surface area contributed by atoms with Crippen molar-refractivity contribution in [2.75, 3.05) is 0 Å². The molecule has 0 fully saturated rings. The molecule has 3 aromatic rings. The van der Waals surface area contributed by atoms with Crippen molar-refractivity contribution in [1.82, 2.24) is 24.1 Å². The Morgan fingerprint density at radius 2 is 1.94 bits per heavy atom. The van der Waals surface area contributed by atoms with Gasteiger partial charge < -0.3 is 4.57 Å². The minimum atomic E-state index is 0.510. The Morgan fingerprint density at radius 1 is 1.22 bits per heavy atom. The van der Waals surface area contributed by atoms with Gasteiger partial charge in [0.05, 0.1) is 0 Å². The lowest BCUT2D eigenvalue weighted by Gasteiger charge is -1.96. The Kier molecular flexibility index (Phi) is 2.71. The molecule has 0 N–H and O–H groups in total. The number of benzene rings is 1. The van der Waals surface area contributed by atoms with Crippen molar-refractivity contribution in [3.05, 3.63) is 39.8 Å². The molecule has 0 saturated heterocycles. The molecule has 3 rings (SSSR count). The molecule has 18 heavy (non-hydrogen) atoms. The number of hydrogen-bond acceptors (Lipinski definition) is 4. The number of rotatable bonds is 1. The molecule has 7 heteroatoms. The fraction of sp³-hybridized carbons (Fsp3) is 0.0909. The van der Waals surface area contributed by atoms with E-state index in [1.165, 1.54) is 0 Å². The number of halogens is 1. The predicted molar refractivity (Wildman–Crippen MR) is 73.7 cm³/mol. The van der Waals surface area contributed by atoms with E-state index in [1.807, 2.05) is 31.3 Å². The molecule has 5 nitrogen and oxygen atoms in total. The molecule has 1 aromatic carbocycles. The summed E-state index contributed by atoms with van der Waals surface area (Å²) < 4.78 is 4.87. The van der Waals surface area contributed by atoms with Gasteiger partial charge in [0.15, 0.2) is 5.82 Å². The van der Waals surface area contributed by atoms with Crippen molar-refractivity contribution in [3.8, 4) is 11.4 Å². The molecule has 0 aliphatic heterocycles. The maximum Gasteiger partial charge on any atom is 0.256 e. The van der Waals surface area contributed by atoms with Crippen molar-refractivity contribution < 1.29 is 0 Å². The summed E-state index contributed by atoms with van der Waals surface area (Å²) in [6.45, 7) is 0. The maximum absolute atomic E-state index is 5.25. The van der Waals surface area contributed by atoms with Crippen LogP contribution in [0.25, 0.3) is 17.2 Å². The predicted octanol–water partition coefficient (Wildman–Crippen LogP) is 2.62. The van der Waals surface area contributed by atoms with Gasteiger partial charge in [-0.15, -0.1) is 5.10 Å². The average Bonchev–Trinajstić information content (AvgIpc) is 2.80. The number of fused-ring (bicyclic) bond motifs is 1. The maximum atomic E-state index is 5.25. The number of hydrogen-bond donors (Lipinski definition) is 0. The van der Waals surface area contributed by atoms with Crippen LogP contribution in [0.3, 0.4) is 0 Å². The highest BCUT2D eigenvalue weighted by molar-refractivity contribution is 9.10. The topological polar surface area (TPSA) is 48.0 Å². The molecule has 0 radical (unpaired) electrons. The second kappa shape index (κ2) is 4.25. The number of aryl methyl sites for hydroxylation is 1. The van der Waals surface area contributed by atoms with Crippen molar-refractivity contribution in [3.63, 3.8) is 0 Å². The van der Waals surface area contributed by atoms with Crippen molar-refractivity contribution in [2.45, 2.75) is 0 Å². The summed E-state index contributed by atoms with van der Waals surface area (Å²) in [6, 6.07) is 7.79. The third-order valence-corrected chi connectivity index (χ3v) is 3.51. The van der Waals surface area contributed by atoms with Gasteiger partial charge in [0, 0.05) is 17.1 Å². The summed E-state index contributed by atoms with van der Waals surface area (Å²) in [5, 5.41) is 4.38. The molecule has 0 spiro atoms. The second-order valence-corrected chi connectivity index (χ2v) is 5.07. The normalized spacial score (nSPS) is 11.0. The zero-order valence-corrected chi connectivity index (χ0v) is 11.8. The van der Waals surface area contributed by atoms with Gasteiger partial charge >= 0.3 is 0 Å².